The van der Waals surface area contributed by atoms with E-state index in [4.69, 9.17) is 16.3 Å². The van der Waals surface area contributed by atoms with E-state index in [1.165, 1.54) is 11.1 Å². The predicted octanol–water partition coefficient (Wildman–Crippen LogP) is 3.24. The van der Waals surface area contributed by atoms with E-state index in [2.05, 4.69) is 38.1 Å². The molecule has 1 rings (SSSR count). The smallest absolute Gasteiger partial charge is 0.123 e. The van der Waals surface area contributed by atoms with Crippen LogP contribution in [-0.2, 0) is 0 Å². The Morgan fingerprint density at radius 3 is 2.56 bits per heavy atom. The van der Waals surface area contributed by atoms with Gasteiger partial charge in [0, 0.05) is 17.5 Å². The van der Waals surface area contributed by atoms with Crippen LogP contribution in [0.3, 0.4) is 0 Å². The van der Waals surface area contributed by atoms with E-state index in [9.17, 15) is 0 Å². The van der Waals surface area contributed by atoms with Crippen molar-refractivity contribution < 1.29 is 4.74 Å². The number of hydrogen-bond donors (Lipinski definition) is 0. The molecule has 2 nitrogen and oxygen atoms in total. The van der Waals surface area contributed by atoms with Crippen LogP contribution in [0, 0.1) is 6.92 Å². The standard InChI is InChI=1S/C13H20ClNO/c1-10-5-6-13(16-4)11(9-10)12(7-8-14)15(2)3/h5-6,9,12H,7-8H2,1-4H3. The van der Waals surface area contributed by atoms with E-state index in [0.29, 0.717) is 11.9 Å². The third-order valence-electron chi connectivity index (χ3n) is 2.75. The lowest BCUT2D eigenvalue weighted by Gasteiger charge is -2.26. The second kappa shape index (κ2) is 6.12. The molecule has 1 atom stereocenters. The van der Waals surface area contributed by atoms with Crippen LogP contribution in [0.4, 0.5) is 0 Å². The van der Waals surface area contributed by atoms with Crippen molar-refractivity contribution >= 4 is 11.6 Å². The Morgan fingerprint density at radius 1 is 1.38 bits per heavy atom. The maximum Gasteiger partial charge on any atom is 0.123 e. The molecule has 1 unspecified atom stereocenters. The molecule has 0 spiro atoms. The lowest BCUT2D eigenvalue weighted by atomic mass is 10.00. The van der Waals surface area contributed by atoms with Crippen molar-refractivity contribution in [2.45, 2.75) is 19.4 Å². The molecule has 90 valence electrons. The summed E-state index contributed by atoms with van der Waals surface area (Å²) in [6, 6.07) is 6.58. The lowest BCUT2D eigenvalue weighted by molar-refractivity contribution is 0.283. The van der Waals surface area contributed by atoms with E-state index in [1.54, 1.807) is 7.11 Å². The highest BCUT2D eigenvalue weighted by molar-refractivity contribution is 6.17. The maximum atomic E-state index is 5.86. The van der Waals surface area contributed by atoms with Crippen LogP contribution >= 0.6 is 11.6 Å². The SMILES string of the molecule is COc1ccc(C)cc1C(CCCl)N(C)C. The average Bonchev–Trinajstić information content (AvgIpc) is 2.25. The van der Waals surface area contributed by atoms with Crippen LogP contribution in [0.1, 0.15) is 23.6 Å². The Balaban J connectivity index is 3.10. The zero-order valence-corrected chi connectivity index (χ0v) is 11.2. The van der Waals surface area contributed by atoms with Crippen molar-refractivity contribution in [2.75, 3.05) is 27.1 Å². The summed E-state index contributed by atoms with van der Waals surface area (Å²) in [5, 5.41) is 0. The van der Waals surface area contributed by atoms with Crippen molar-refractivity contribution in [3.63, 3.8) is 0 Å². The molecule has 1 aromatic carbocycles. The van der Waals surface area contributed by atoms with Gasteiger partial charge in [-0.05, 0) is 33.5 Å². The third kappa shape index (κ3) is 3.13. The summed E-state index contributed by atoms with van der Waals surface area (Å²) in [4.78, 5) is 2.18. The Bertz CT molecular complexity index is 339. The van der Waals surface area contributed by atoms with Gasteiger partial charge in [0.1, 0.15) is 5.75 Å². The monoisotopic (exact) mass is 241 g/mol. The largest absolute Gasteiger partial charge is 0.496 e. The molecule has 0 aliphatic heterocycles. The van der Waals surface area contributed by atoms with Crippen LogP contribution in [-0.4, -0.2) is 32.0 Å². The van der Waals surface area contributed by atoms with E-state index in [1.807, 2.05) is 6.07 Å². The highest BCUT2D eigenvalue weighted by Gasteiger charge is 2.17. The first kappa shape index (κ1) is 13.3. The Kier molecular flexibility index (Phi) is 5.10. The maximum absolute atomic E-state index is 5.86. The third-order valence-corrected chi connectivity index (χ3v) is 2.97. The minimum absolute atomic E-state index is 0.312. The van der Waals surface area contributed by atoms with Crippen molar-refractivity contribution in [1.29, 1.82) is 0 Å². The zero-order chi connectivity index (χ0) is 12.1. The van der Waals surface area contributed by atoms with Crippen molar-refractivity contribution in [3.05, 3.63) is 29.3 Å². The summed E-state index contributed by atoms with van der Waals surface area (Å²) in [6.45, 7) is 2.09. The molecule has 0 bridgehead atoms. The molecule has 0 aromatic heterocycles. The molecular formula is C13H20ClNO. The summed E-state index contributed by atoms with van der Waals surface area (Å²) in [6.07, 6.45) is 0.925. The highest BCUT2D eigenvalue weighted by Crippen LogP contribution is 2.31. The van der Waals surface area contributed by atoms with E-state index >= 15 is 0 Å². The average molecular weight is 242 g/mol. The molecule has 0 saturated heterocycles. The second-order valence-corrected chi connectivity index (χ2v) is 4.58. The van der Waals surface area contributed by atoms with Crippen molar-refractivity contribution in [1.82, 2.24) is 4.90 Å². The van der Waals surface area contributed by atoms with Gasteiger partial charge in [-0.3, -0.25) is 0 Å². The molecule has 0 saturated carbocycles. The van der Waals surface area contributed by atoms with Gasteiger partial charge < -0.3 is 9.64 Å². The number of hydrogen-bond acceptors (Lipinski definition) is 2. The van der Waals surface area contributed by atoms with Gasteiger partial charge in [0.15, 0.2) is 0 Å². The minimum Gasteiger partial charge on any atom is -0.496 e. The molecular weight excluding hydrogens is 222 g/mol. The summed E-state index contributed by atoms with van der Waals surface area (Å²) < 4.78 is 5.41. The fourth-order valence-corrected chi connectivity index (χ4v) is 2.12. The molecule has 1 aromatic rings. The first-order valence-corrected chi connectivity index (χ1v) is 6.00. The molecule has 0 aliphatic carbocycles. The topological polar surface area (TPSA) is 12.5 Å². The molecule has 0 aliphatic rings. The number of nitrogens with zero attached hydrogens (tertiary/aromatic N) is 1. The summed E-state index contributed by atoms with van der Waals surface area (Å²) in [5.74, 6) is 1.59. The predicted molar refractivity (Wildman–Crippen MR) is 69.5 cm³/mol. The first-order chi connectivity index (χ1) is 7.60. The minimum atomic E-state index is 0.312. The number of rotatable bonds is 5. The molecule has 16 heavy (non-hydrogen) atoms. The number of benzene rings is 1. The second-order valence-electron chi connectivity index (χ2n) is 4.20. The summed E-state index contributed by atoms with van der Waals surface area (Å²) in [5.41, 5.74) is 2.46. The molecule has 3 heteroatoms. The van der Waals surface area contributed by atoms with Crippen LogP contribution in [0.2, 0.25) is 0 Å². The Hall–Kier alpha value is -0.730. The Morgan fingerprint density at radius 2 is 2.06 bits per heavy atom. The van der Waals surface area contributed by atoms with Gasteiger partial charge in [-0.25, -0.2) is 0 Å². The number of methoxy groups -OCH3 is 1. The summed E-state index contributed by atoms with van der Waals surface area (Å²) >= 11 is 5.86. The molecule has 0 fully saturated rings. The molecule has 0 N–H and O–H groups in total. The van der Waals surface area contributed by atoms with Crippen LogP contribution in [0.5, 0.6) is 5.75 Å². The number of aryl methyl sites for hydroxylation is 1. The van der Waals surface area contributed by atoms with Gasteiger partial charge in [0.05, 0.1) is 7.11 Å². The number of halogens is 1. The normalized spacial score (nSPS) is 12.9. The van der Waals surface area contributed by atoms with Crippen molar-refractivity contribution in [3.8, 4) is 5.75 Å². The first-order valence-electron chi connectivity index (χ1n) is 5.47. The highest BCUT2D eigenvalue weighted by atomic mass is 35.5. The van der Waals surface area contributed by atoms with Gasteiger partial charge in [-0.1, -0.05) is 17.7 Å². The lowest BCUT2D eigenvalue weighted by Crippen LogP contribution is -2.21. The number of alkyl halides is 1. The van der Waals surface area contributed by atoms with Crippen LogP contribution < -0.4 is 4.74 Å². The zero-order valence-electron chi connectivity index (χ0n) is 10.5. The van der Waals surface area contributed by atoms with Gasteiger partial charge in [-0.15, -0.1) is 11.6 Å². The van der Waals surface area contributed by atoms with Gasteiger partial charge in [0.25, 0.3) is 0 Å². The number of ether oxygens (including phenoxy) is 1. The molecule has 0 radical (unpaired) electrons. The quantitative estimate of drug-likeness (QED) is 0.734. The Labute approximate surface area is 103 Å². The van der Waals surface area contributed by atoms with Gasteiger partial charge >= 0.3 is 0 Å². The molecule has 0 amide bonds. The fourth-order valence-electron chi connectivity index (χ4n) is 1.91. The molecule has 0 heterocycles. The van der Waals surface area contributed by atoms with E-state index in [-0.39, 0.29) is 0 Å². The van der Waals surface area contributed by atoms with E-state index < -0.39 is 0 Å². The van der Waals surface area contributed by atoms with Crippen molar-refractivity contribution in [2.24, 2.45) is 0 Å². The van der Waals surface area contributed by atoms with Crippen LogP contribution in [0.25, 0.3) is 0 Å². The van der Waals surface area contributed by atoms with Crippen LogP contribution in [0.15, 0.2) is 18.2 Å². The van der Waals surface area contributed by atoms with Gasteiger partial charge in [0.2, 0.25) is 0 Å². The summed E-state index contributed by atoms with van der Waals surface area (Å²) in [7, 11) is 5.85. The fraction of sp³-hybridized carbons (Fsp3) is 0.538. The van der Waals surface area contributed by atoms with E-state index in [0.717, 1.165) is 12.2 Å². The van der Waals surface area contributed by atoms with Gasteiger partial charge in [-0.2, -0.15) is 0 Å².